The molecule has 49 heavy (non-hydrogen) atoms. The van der Waals surface area contributed by atoms with Gasteiger partial charge in [0.05, 0.1) is 13.2 Å². The second kappa shape index (κ2) is 20.2. The summed E-state index contributed by atoms with van der Waals surface area (Å²) >= 11 is 0. The minimum absolute atomic E-state index is 0.0706. The topological polar surface area (TPSA) is 179 Å². The van der Waals surface area contributed by atoms with Crippen molar-refractivity contribution in [2.24, 2.45) is 5.92 Å². The van der Waals surface area contributed by atoms with Crippen molar-refractivity contribution in [1.29, 1.82) is 0 Å². The molecule has 0 fully saturated rings. The van der Waals surface area contributed by atoms with Crippen LogP contribution >= 0.6 is 0 Å². The quantitative estimate of drug-likeness (QED) is 0.249. The molecule has 13 nitrogen and oxygen atoms in total. The van der Waals surface area contributed by atoms with E-state index in [9.17, 15) is 29.4 Å². The summed E-state index contributed by atoms with van der Waals surface area (Å²) in [5.74, 6) is -0.573. The fourth-order valence-electron chi connectivity index (χ4n) is 5.56. The molecule has 0 aromatic heterocycles. The highest BCUT2D eigenvalue weighted by Gasteiger charge is 2.30. The lowest BCUT2D eigenvalue weighted by molar-refractivity contribution is -0.134. The molecule has 0 aliphatic carbocycles. The fourth-order valence-corrected chi connectivity index (χ4v) is 5.56. The molecule has 4 rings (SSSR count). The number of aliphatic hydroxyl groups excluding tert-OH is 1. The highest BCUT2D eigenvalue weighted by Crippen LogP contribution is 2.28. The van der Waals surface area contributed by atoms with Gasteiger partial charge in [-0.2, -0.15) is 0 Å². The largest absolute Gasteiger partial charge is 0.508 e. The Hall–Kier alpha value is -4.36. The molecular weight excluding hydrogens is 630 g/mol. The number of fused-ring (bicyclic) bond motifs is 23. The lowest BCUT2D eigenvalue weighted by atomic mass is 10.0. The first kappa shape index (κ1) is 39.1. The summed E-state index contributed by atoms with van der Waals surface area (Å²) in [6.07, 6.45) is 1.71. The predicted molar refractivity (Wildman–Crippen MR) is 185 cm³/mol. The maximum atomic E-state index is 13.3. The number of aliphatic hydroxyl groups is 1. The summed E-state index contributed by atoms with van der Waals surface area (Å²) < 4.78 is 11.2. The molecule has 2 heterocycles. The number of carbonyl (C=O) groups excluding carboxylic acids is 4. The van der Waals surface area contributed by atoms with Gasteiger partial charge >= 0.3 is 0 Å². The van der Waals surface area contributed by atoms with Gasteiger partial charge in [0, 0.05) is 32.6 Å². The van der Waals surface area contributed by atoms with Crippen molar-refractivity contribution < 1.29 is 38.9 Å². The van der Waals surface area contributed by atoms with Gasteiger partial charge in [-0.05, 0) is 86.9 Å². The Labute approximate surface area is 289 Å². The van der Waals surface area contributed by atoms with Gasteiger partial charge < -0.3 is 41.0 Å². The lowest BCUT2D eigenvalue weighted by Crippen LogP contribution is -2.57. The minimum Gasteiger partial charge on any atom is -0.508 e. The number of aryl methyl sites for hydroxylation is 1. The van der Waals surface area contributed by atoms with E-state index in [1.165, 1.54) is 14.0 Å². The molecule has 0 spiro atoms. The van der Waals surface area contributed by atoms with Gasteiger partial charge in [-0.15, -0.1) is 0 Å². The van der Waals surface area contributed by atoms with Crippen LogP contribution in [0.2, 0.25) is 0 Å². The number of carbonyl (C=O) groups is 4. The van der Waals surface area contributed by atoms with Crippen LogP contribution in [0.4, 0.5) is 0 Å². The van der Waals surface area contributed by atoms with Gasteiger partial charge in [-0.25, -0.2) is 0 Å². The van der Waals surface area contributed by atoms with E-state index in [1.807, 2.05) is 19.9 Å². The first-order valence-corrected chi connectivity index (χ1v) is 17.1. The molecular formula is C36H53N5O8. The second-order valence-electron chi connectivity index (χ2n) is 12.9. The zero-order valence-corrected chi connectivity index (χ0v) is 29.1. The Morgan fingerprint density at radius 2 is 1.65 bits per heavy atom. The Kier molecular flexibility index (Phi) is 16.1. The first-order valence-electron chi connectivity index (χ1n) is 17.1. The second-order valence-corrected chi connectivity index (χ2v) is 12.9. The van der Waals surface area contributed by atoms with Crippen molar-refractivity contribution in [3.8, 4) is 17.2 Å². The van der Waals surface area contributed by atoms with E-state index < -0.39 is 30.0 Å². The van der Waals surface area contributed by atoms with Crippen LogP contribution in [0.3, 0.4) is 0 Å². The van der Waals surface area contributed by atoms with Gasteiger partial charge in [-0.1, -0.05) is 32.0 Å². The monoisotopic (exact) mass is 683 g/mol. The lowest BCUT2D eigenvalue weighted by Gasteiger charge is -2.26. The van der Waals surface area contributed by atoms with E-state index in [-0.39, 0.29) is 36.5 Å². The number of phenolic OH excluding ortho intramolecular Hbond substituents is 1. The molecule has 2 aromatic rings. The summed E-state index contributed by atoms with van der Waals surface area (Å²) in [7, 11) is 1.50. The van der Waals surface area contributed by atoms with Crippen molar-refractivity contribution in [2.75, 3.05) is 39.9 Å². The molecule has 2 bridgehead atoms. The molecule has 2 aliphatic rings. The zero-order chi connectivity index (χ0) is 35.8. The third kappa shape index (κ3) is 14.0. The van der Waals surface area contributed by atoms with Crippen LogP contribution in [0.25, 0.3) is 0 Å². The Bertz CT molecular complexity index is 1380. The van der Waals surface area contributed by atoms with Crippen molar-refractivity contribution in [1.82, 2.24) is 26.2 Å². The molecule has 2 aliphatic heterocycles. The number of hydrogen-bond acceptors (Lipinski definition) is 9. The molecule has 3 atom stereocenters. The number of nitrogens with zero attached hydrogens (tertiary/aromatic N) is 1. The van der Waals surface area contributed by atoms with E-state index in [0.29, 0.717) is 69.9 Å². The van der Waals surface area contributed by atoms with Crippen molar-refractivity contribution in [3.63, 3.8) is 0 Å². The van der Waals surface area contributed by atoms with Crippen LogP contribution in [0, 0.1) is 5.92 Å². The Balaban J connectivity index is 1.76. The van der Waals surface area contributed by atoms with E-state index in [4.69, 9.17) is 9.47 Å². The van der Waals surface area contributed by atoms with Crippen LogP contribution in [-0.4, -0.2) is 96.8 Å². The maximum Gasteiger partial charge on any atom is 0.257 e. The number of hydrogen-bond donors (Lipinski definition) is 6. The van der Waals surface area contributed by atoms with Gasteiger partial charge in [0.2, 0.25) is 17.7 Å². The number of amides is 4. The predicted octanol–water partition coefficient (Wildman–Crippen LogP) is 2.03. The van der Waals surface area contributed by atoms with Crippen LogP contribution < -0.4 is 30.7 Å². The minimum atomic E-state index is -1.19. The number of rotatable bonds is 6. The molecule has 0 saturated carbocycles. The summed E-state index contributed by atoms with van der Waals surface area (Å²) in [6, 6.07) is 10.2. The van der Waals surface area contributed by atoms with Gasteiger partial charge in [0.25, 0.3) is 5.91 Å². The third-order valence-electron chi connectivity index (χ3n) is 8.14. The summed E-state index contributed by atoms with van der Waals surface area (Å²) in [4.78, 5) is 54.1. The molecule has 2 aromatic carbocycles. The SMILES string of the molecule is COc1cc2ccc1OCC(=O)NCCCN(Cc1cccc(O)c1)CCCCNC(=O)[C@H]([C@@H](C)O)NC(=O)[C@@H](CC(C)C)NC(=O)CC2. The molecule has 6 N–H and O–H groups in total. The molecule has 13 heteroatoms. The number of benzene rings is 2. The molecule has 0 saturated heterocycles. The standard InChI is InChI=1S/C36H53N5O8/c1-24(2)19-29-35(46)40-34(25(3)42)36(47)38-15-5-6-17-41(22-27-9-7-10-28(43)20-27)18-8-16-37-33(45)23-49-30-13-11-26(21-31(30)48-4)12-14-32(44)39-29/h7,9-11,13,20-21,24-25,29,34,42-43H,5-6,8,12,14-19,22-23H2,1-4H3,(H,37,45)(H,38,47)(H,39,44)(H,40,46)/t25-,29-,34+/m1/s1. The van der Waals surface area contributed by atoms with Crippen LogP contribution in [0.5, 0.6) is 17.2 Å². The Morgan fingerprint density at radius 1 is 0.898 bits per heavy atom. The number of methoxy groups -OCH3 is 1. The van der Waals surface area contributed by atoms with E-state index in [2.05, 4.69) is 26.2 Å². The Morgan fingerprint density at radius 3 is 2.37 bits per heavy atom. The van der Waals surface area contributed by atoms with Gasteiger partial charge in [0.15, 0.2) is 18.1 Å². The zero-order valence-electron chi connectivity index (χ0n) is 29.1. The summed E-state index contributed by atoms with van der Waals surface area (Å²) in [6.45, 7) is 7.86. The maximum absolute atomic E-state index is 13.3. The highest BCUT2D eigenvalue weighted by atomic mass is 16.5. The fraction of sp³-hybridized carbons (Fsp3) is 0.556. The van der Waals surface area contributed by atoms with Crippen LogP contribution in [0.15, 0.2) is 42.5 Å². The molecule has 0 unspecified atom stereocenters. The van der Waals surface area contributed by atoms with Gasteiger partial charge in [-0.3, -0.25) is 24.1 Å². The number of phenols is 1. The van der Waals surface area contributed by atoms with E-state index in [0.717, 1.165) is 17.5 Å². The molecule has 4 amide bonds. The molecule has 270 valence electrons. The van der Waals surface area contributed by atoms with Gasteiger partial charge in [0.1, 0.15) is 17.8 Å². The van der Waals surface area contributed by atoms with E-state index >= 15 is 0 Å². The third-order valence-corrected chi connectivity index (χ3v) is 8.14. The number of nitrogens with one attached hydrogen (secondary N) is 4. The van der Waals surface area contributed by atoms with Crippen molar-refractivity contribution in [3.05, 3.63) is 53.6 Å². The average molecular weight is 684 g/mol. The van der Waals surface area contributed by atoms with Crippen molar-refractivity contribution >= 4 is 23.6 Å². The first-order chi connectivity index (χ1) is 23.4. The van der Waals surface area contributed by atoms with E-state index in [1.54, 1.807) is 36.4 Å². The normalized spacial score (nSPS) is 20.8. The summed E-state index contributed by atoms with van der Waals surface area (Å²) in [5, 5.41) is 31.5. The smallest absolute Gasteiger partial charge is 0.257 e. The van der Waals surface area contributed by atoms with Crippen molar-refractivity contribution in [2.45, 2.75) is 84.0 Å². The average Bonchev–Trinajstić information content (AvgIpc) is 3.05. The van der Waals surface area contributed by atoms with Crippen LogP contribution in [0.1, 0.15) is 64.0 Å². The number of aromatic hydroxyl groups is 1. The summed E-state index contributed by atoms with van der Waals surface area (Å²) in [5.41, 5.74) is 1.75. The molecule has 0 radical (unpaired) electrons. The highest BCUT2D eigenvalue weighted by molar-refractivity contribution is 5.92. The van der Waals surface area contributed by atoms with Crippen LogP contribution in [-0.2, 0) is 32.1 Å². The number of ether oxygens (including phenoxy) is 2.